The first-order valence-electron chi connectivity index (χ1n) is 8.07. The number of nitrogens with zero attached hydrogens (tertiary/aromatic N) is 4. The number of amides is 1. The molecule has 24 heavy (non-hydrogen) atoms. The highest BCUT2D eigenvalue weighted by Gasteiger charge is 2.34. The first-order chi connectivity index (χ1) is 11.4. The van der Waals surface area contributed by atoms with Crippen LogP contribution in [0.2, 0.25) is 0 Å². The second-order valence-electron chi connectivity index (χ2n) is 6.34. The lowest BCUT2D eigenvalue weighted by molar-refractivity contribution is -0.142. The van der Waals surface area contributed by atoms with Crippen molar-refractivity contribution in [1.82, 2.24) is 14.9 Å². The second kappa shape index (κ2) is 6.50. The highest BCUT2D eigenvalue weighted by atomic mass is 16.6. The van der Waals surface area contributed by atoms with Gasteiger partial charge in [-0.15, -0.1) is 0 Å². The standard InChI is InChI=1S/C15H22N6O3/c1-9(2)10-7-11(24-19-10)14(23)21-5-3-20(4-6-21)12-8-13(22)18-15(16)17-12/h8-9,11H,3-7H2,1-2H3,(H3,16,17,18,22). The summed E-state index contributed by atoms with van der Waals surface area (Å²) in [6.45, 7) is 6.34. The fourth-order valence-electron chi connectivity index (χ4n) is 2.85. The third kappa shape index (κ3) is 3.34. The topological polar surface area (TPSA) is 117 Å². The average molecular weight is 334 g/mol. The van der Waals surface area contributed by atoms with Gasteiger partial charge >= 0.3 is 0 Å². The zero-order valence-electron chi connectivity index (χ0n) is 13.9. The molecule has 3 N–H and O–H groups in total. The van der Waals surface area contributed by atoms with Gasteiger partial charge < -0.3 is 20.4 Å². The van der Waals surface area contributed by atoms with Gasteiger partial charge in [0, 0.05) is 38.7 Å². The summed E-state index contributed by atoms with van der Waals surface area (Å²) in [5, 5.41) is 4.01. The summed E-state index contributed by atoms with van der Waals surface area (Å²) in [4.78, 5) is 39.6. The van der Waals surface area contributed by atoms with Crippen LogP contribution in [-0.4, -0.2) is 58.8 Å². The van der Waals surface area contributed by atoms with E-state index in [2.05, 4.69) is 15.1 Å². The van der Waals surface area contributed by atoms with Crippen molar-refractivity contribution in [3.8, 4) is 0 Å². The maximum Gasteiger partial charge on any atom is 0.267 e. The number of carbonyl (C=O) groups is 1. The molecule has 1 saturated heterocycles. The first kappa shape index (κ1) is 16.3. The van der Waals surface area contributed by atoms with Gasteiger partial charge in [0.15, 0.2) is 0 Å². The van der Waals surface area contributed by atoms with Gasteiger partial charge in [0.25, 0.3) is 11.5 Å². The molecule has 1 fully saturated rings. The van der Waals surface area contributed by atoms with Crippen LogP contribution in [-0.2, 0) is 9.63 Å². The molecule has 1 aromatic heterocycles. The fraction of sp³-hybridized carbons (Fsp3) is 0.600. The van der Waals surface area contributed by atoms with Crippen LogP contribution in [0.25, 0.3) is 0 Å². The summed E-state index contributed by atoms with van der Waals surface area (Å²) in [6.07, 6.45) is 0.0466. The molecule has 0 bridgehead atoms. The Labute approximate surface area is 139 Å². The molecule has 3 rings (SSSR count). The minimum Gasteiger partial charge on any atom is -0.382 e. The van der Waals surface area contributed by atoms with Crippen LogP contribution in [0.4, 0.5) is 11.8 Å². The predicted octanol–water partition coefficient (Wildman–Crippen LogP) is -0.198. The number of aromatic nitrogens is 2. The van der Waals surface area contributed by atoms with Gasteiger partial charge in [-0.1, -0.05) is 19.0 Å². The lowest BCUT2D eigenvalue weighted by Gasteiger charge is -2.36. The molecule has 130 valence electrons. The maximum atomic E-state index is 12.5. The van der Waals surface area contributed by atoms with Crippen LogP contribution >= 0.6 is 0 Å². The molecule has 1 amide bonds. The number of rotatable bonds is 3. The molecule has 2 aliphatic heterocycles. The molecule has 0 aliphatic carbocycles. The number of aromatic amines is 1. The van der Waals surface area contributed by atoms with Gasteiger partial charge in [0.2, 0.25) is 12.1 Å². The molecular weight excluding hydrogens is 312 g/mol. The van der Waals surface area contributed by atoms with E-state index in [1.165, 1.54) is 6.07 Å². The van der Waals surface area contributed by atoms with Crippen LogP contribution in [0, 0.1) is 5.92 Å². The minimum absolute atomic E-state index is 0.0348. The predicted molar refractivity (Wildman–Crippen MR) is 89.8 cm³/mol. The smallest absolute Gasteiger partial charge is 0.267 e. The lowest BCUT2D eigenvalue weighted by atomic mass is 10.0. The Morgan fingerprint density at radius 1 is 1.38 bits per heavy atom. The Morgan fingerprint density at radius 2 is 2.08 bits per heavy atom. The molecule has 2 aliphatic rings. The van der Waals surface area contributed by atoms with Gasteiger partial charge in [-0.05, 0) is 5.92 Å². The van der Waals surface area contributed by atoms with Crippen LogP contribution < -0.4 is 16.2 Å². The second-order valence-corrected chi connectivity index (χ2v) is 6.34. The molecule has 0 saturated carbocycles. The maximum absolute atomic E-state index is 12.5. The first-order valence-corrected chi connectivity index (χ1v) is 8.07. The van der Waals surface area contributed by atoms with Gasteiger partial charge in [0.05, 0.1) is 5.71 Å². The quantitative estimate of drug-likeness (QED) is 0.791. The Hall–Kier alpha value is -2.58. The highest BCUT2D eigenvalue weighted by molar-refractivity contribution is 5.93. The summed E-state index contributed by atoms with van der Waals surface area (Å²) < 4.78 is 0. The number of nitrogens with two attached hydrogens (primary N) is 1. The number of hydrogen-bond acceptors (Lipinski definition) is 7. The minimum atomic E-state index is -0.512. The largest absolute Gasteiger partial charge is 0.382 e. The van der Waals surface area contributed by atoms with Crippen LogP contribution in [0.15, 0.2) is 16.0 Å². The number of oxime groups is 1. The van der Waals surface area contributed by atoms with E-state index in [0.29, 0.717) is 38.4 Å². The van der Waals surface area contributed by atoms with Crippen molar-refractivity contribution in [2.24, 2.45) is 11.1 Å². The van der Waals surface area contributed by atoms with Crippen LogP contribution in [0.1, 0.15) is 20.3 Å². The number of hydrogen-bond donors (Lipinski definition) is 2. The van der Waals surface area contributed by atoms with Crippen molar-refractivity contribution < 1.29 is 9.63 Å². The van der Waals surface area contributed by atoms with Gasteiger partial charge in [-0.3, -0.25) is 14.6 Å². The lowest BCUT2D eigenvalue weighted by Crippen LogP contribution is -2.52. The summed E-state index contributed by atoms with van der Waals surface area (Å²) in [5.41, 5.74) is 6.22. The number of anilines is 2. The average Bonchev–Trinajstić information content (AvgIpc) is 3.03. The van der Waals surface area contributed by atoms with E-state index in [0.717, 1.165) is 5.71 Å². The Bertz CT molecular complexity index is 705. The van der Waals surface area contributed by atoms with Crippen molar-refractivity contribution in [3.63, 3.8) is 0 Å². The normalized spacial score (nSPS) is 21.0. The summed E-state index contributed by atoms with van der Waals surface area (Å²) in [7, 11) is 0. The number of nitrogens with one attached hydrogen (secondary N) is 1. The van der Waals surface area contributed by atoms with E-state index in [4.69, 9.17) is 10.6 Å². The summed E-state index contributed by atoms with van der Waals surface area (Å²) in [5.74, 6) is 0.874. The molecule has 1 unspecified atom stereocenters. The summed E-state index contributed by atoms with van der Waals surface area (Å²) >= 11 is 0. The highest BCUT2D eigenvalue weighted by Crippen LogP contribution is 2.19. The Balaban J connectivity index is 1.57. The zero-order valence-corrected chi connectivity index (χ0v) is 13.9. The Morgan fingerprint density at radius 3 is 2.67 bits per heavy atom. The van der Waals surface area contributed by atoms with Crippen molar-refractivity contribution in [3.05, 3.63) is 16.4 Å². The molecule has 0 aromatic carbocycles. The van der Waals surface area contributed by atoms with Gasteiger partial charge in [-0.2, -0.15) is 4.98 Å². The SMILES string of the molecule is CC(C)C1=NOC(C(=O)N2CCN(c3cc(=O)[nH]c(N)n3)CC2)C1. The number of carbonyl (C=O) groups excluding carboxylic acids is 1. The molecular formula is C15H22N6O3. The van der Waals surface area contributed by atoms with Crippen LogP contribution in [0.3, 0.4) is 0 Å². The number of nitrogen functional groups attached to an aromatic ring is 1. The fourth-order valence-corrected chi connectivity index (χ4v) is 2.85. The van der Waals surface area contributed by atoms with Crippen molar-refractivity contribution in [2.45, 2.75) is 26.4 Å². The van der Waals surface area contributed by atoms with E-state index in [1.54, 1.807) is 4.90 Å². The third-order valence-corrected chi connectivity index (χ3v) is 4.30. The number of piperazine rings is 1. The van der Waals surface area contributed by atoms with Crippen LogP contribution in [0.5, 0.6) is 0 Å². The van der Waals surface area contributed by atoms with E-state index in [-0.39, 0.29) is 23.3 Å². The van der Waals surface area contributed by atoms with E-state index in [1.807, 2.05) is 18.7 Å². The molecule has 1 aromatic rings. The molecule has 9 nitrogen and oxygen atoms in total. The van der Waals surface area contributed by atoms with Crippen molar-refractivity contribution in [1.29, 1.82) is 0 Å². The molecule has 1 atom stereocenters. The van der Waals surface area contributed by atoms with E-state index >= 15 is 0 Å². The monoisotopic (exact) mass is 334 g/mol. The summed E-state index contributed by atoms with van der Waals surface area (Å²) in [6, 6.07) is 1.41. The van der Waals surface area contributed by atoms with Gasteiger partial charge in [0.1, 0.15) is 5.82 Å². The molecule has 0 radical (unpaired) electrons. The zero-order chi connectivity index (χ0) is 17.3. The molecule has 0 spiro atoms. The van der Waals surface area contributed by atoms with Crippen molar-refractivity contribution in [2.75, 3.05) is 36.8 Å². The van der Waals surface area contributed by atoms with E-state index in [9.17, 15) is 9.59 Å². The Kier molecular flexibility index (Phi) is 4.41. The molecule has 9 heteroatoms. The number of H-pyrrole nitrogens is 1. The van der Waals surface area contributed by atoms with E-state index < -0.39 is 6.10 Å². The van der Waals surface area contributed by atoms with Gasteiger partial charge in [-0.25, -0.2) is 0 Å². The van der Waals surface area contributed by atoms with Crippen molar-refractivity contribution >= 4 is 23.4 Å². The third-order valence-electron chi connectivity index (χ3n) is 4.30. The molecule has 3 heterocycles.